The quantitative estimate of drug-likeness (QED) is 0.614. The van der Waals surface area contributed by atoms with Crippen molar-refractivity contribution in [2.75, 3.05) is 26.2 Å². The molecule has 4 rings (SSSR count). The van der Waals surface area contributed by atoms with Gasteiger partial charge >= 0.3 is 0 Å². The Labute approximate surface area is 179 Å². The highest BCUT2D eigenvalue weighted by Crippen LogP contribution is 2.24. The molecule has 2 heterocycles. The molecule has 1 aliphatic heterocycles. The fourth-order valence-electron chi connectivity index (χ4n) is 3.28. The van der Waals surface area contributed by atoms with Crippen LogP contribution in [0.4, 0.5) is 0 Å². The highest BCUT2D eigenvalue weighted by atomic mass is 35.5. The van der Waals surface area contributed by atoms with Gasteiger partial charge in [0.05, 0.1) is 4.90 Å². The number of piperazine rings is 1. The van der Waals surface area contributed by atoms with E-state index >= 15 is 0 Å². The van der Waals surface area contributed by atoms with E-state index in [-0.39, 0.29) is 42.7 Å². The zero-order valence-corrected chi connectivity index (χ0v) is 17.9. The average molecular weight is 446 g/mol. The van der Waals surface area contributed by atoms with Crippen molar-refractivity contribution in [3.05, 3.63) is 70.9 Å². The molecule has 1 fully saturated rings. The fourth-order valence-corrected chi connectivity index (χ4v) is 4.83. The van der Waals surface area contributed by atoms with Crippen molar-refractivity contribution >= 4 is 27.5 Å². The Morgan fingerprint density at radius 2 is 1.63 bits per heavy atom. The molecular weight excluding hydrogens is 426 g/mol. The van der Waals surface area contributed by atoms with Crippen LogP contribution in [0.3, 0.4) is 0 Å². The van der Waals surface area contributed by atoms with Crippen molar-refractivity contribution in [2.45, 2.75) is 11.8 Å². The maximum atomic E-state index is 12.8. The maximum absolute atomic E-state index is 12.8. The molecule has 0 radical (unpaired) electrons. The Kier molecular flexibility index (Phi) is 5.64. The van der Waals surface area contributed by atoms with Crippen LogP contribution < -0.4 is 0 Å². The van der Waals surface area contributed by atoms with Crippen molar-refractivity contribution in [1.29, 1.82) is 0 Å². The number of nitrogens with zero attached hydrogens (tertiary/aromatic N) is 3. The number of hydrogen-bond acceptors (Lipinski definition) is 5. The molecule has 1 amide bonds. The Hall–Kier alpha value is -2.68. The smallest absolute Gasteiger partial charge is 0.276 e. The van der Waals surface area contributed by atoms with Gasteiger partial charge in [0, 0.05) is 42.8 Å². The number of aryl methyl sites for hydroxylation is 1. The van der Waals surface area contributed by atoms with Gasteiger partial charge in [0.1, 0.15) is 0 Å². The molecule has 0 aliphatic carbocycles. The number of rotatable bonds is 4. The van der Waals surface area contributed by atoms with Gasteiger partial charge in [0.2, 0.25) is 10.0 Å². The molecule has 0 saturated carbocycles. The van der Waals surface area contributed by atoms with Crippen LogP contribution in [0.5, 0.6) is 0 Å². The van der Waals surface area contributed by atoms with Gasteiger partial charge in [-0.05, 0) is 43.3 Å². The number of benzene rings is 2. The van der Waals surface area contributed by atoms with Gasteiger partial charge in [-0.2, -0.15) is 4.31 Å². The third-order valence-electron chi connectivity index (χ3n) is 5.04. The molecule has 3 aromatic rings. The highest BCUT2D eigenvalue weighted by molar-refractivity contribution is 7.89. The second kappa shape index (κ2) is 8.22. The summed E-state index contributed by atoms with van der Waals surface area (Å²) in [4.78, 5) is 14.6. The summed E-state index contributed by atoms with van der Waals surface area (Å²) in [5.41, 5.74) is 1.95. The van der Waals surface area contributed by atoms with Crippen molar-refractivity contribution in [3.8, 4) is 11.3 Å². The first-order valence-corrected chi connectivity index (χ1v) is 11.3. The number of carbonyl (C=O) groups excluding carboxylic acids is 1. The standard InChI is InChI=1S/C21H20ClN3O4S/c1-15-2-8-18(9-3-15)30(27,28)25-12-10-24(11-13-25)21(26)19-14-20(29-23-19)16-4-6-17(22)7-5-16/h2-9,14H,10-13H2,1H3. The van der Waals surface area contributed by atoms with E-state index in [2.05, 4.69) is 5.16 Å². The summed E-state index contributed by atoms with van der Waals surface area (Å²) in [6.45, 7) is 2.93. The monoisotopic (exact) mass is 445 g/mol. The Bertz CT molecular complexity index is 1150. The van der Waals surface area contributed by atoms with Crippen molar-refractivity contribution < 1.29 is 17.7 Å². The van der Waals surface area contributed by atoms with Crippen molar-refractivity contribution in [1.82, 2.24) is 14.4 Å². The molecule has 1 aliphatic rings. The largest absolute Gasteiger partial charge is 0.355 e. The van der Waals surface area contributed by atoms with E-state index in [0.717, 1.165) is 11.1 Å². The maximum Gasteiger partial charge on any atom is 0.276 e. The summed E-state index contributed by atoms with van der Waals surface area (Å²) in [7, 11) is -3.58. The second-order valence-corrected chi connectivity index (χ2v) is 9.47. The Morgan fingerprint density at radius 1 is 1.00 bits per heavy atom. The molecule has 156 valence electrons. The minimum absolute atomic E-state index is 0.190. The highest BCUT2D eigenvalue weighted by Gasteiger charge is 2.31. The molecule has 30 heavy (non-hydrogen) atoms. The predicted octanol–water partition coefficient (Wildman–Crippen LogP) is 3.45. The first kappa shape index (κ1) is 20.6. The lowest BCUT2D eigenvalue weighted by molar-refractivity contribution is 0.0687. The summed E-state index contributed by atoms with van der Waals surface area (Å²) < 4.78 is 32.3. The molecule has 1 saturated heterocycles. The van der Waals surface area contributed by atoms with Gasteiger partial charge in [-0.1, -0.05) is 34.5 Å². The predicted molar refractivity (Wildman–Crippen MR) is 113 cm³/mol. The molecule has 0 unspecified atom stereocenters. The summed E-state index contributed by atoms with van der Waals surface area (Å²) >= 11 is 5.89. The third-order valence-corrected chi connectivity index (χ3v) is 7.21. The zero-order chi connectivity index (χ0) is 21.3. The molecular formula is C21H20ClN3O4S. The van der Waals surface area contributed by atoms with Gasteiger partial charge in [0.15, 0.2) is 11.5 Å². The first-order chi connectivity index (χ1) is 14.3. The van der Waals surface area contributed by atoms with Gasteiger partial charge < -0.3 is 9.42 Å². The van der Waals surface area contributed by atoms with Gasteiger partial charge in [-0.25, -0.2) is 8.42 Å². The minimum atomic E-state index is -3.58. The summed E-state index contributed by atoms with van der Waals surface area (Å²) in [6.07, 6.45) is 0. The summed E-state index contributed by atoms with van der Waals surface area (Å²) in [5, 5.41) is 4.49. The van der Waals surface area contributed by atoms with Crippen LogP contribution in [0.1, 0.15) is 16.1 Å². The molecule has 0 bridgehead atoms. The van der Waals surface area contributed by atoms with E-state index in [1.54, 1.807) is 59.5 Å². The number of sulfonamides is 1. The summed E-state index contributed by atoms with van der Waals surface area (Å²) in [5.74, 6) is 0.182. The van der Waals surface area contributed by atoms with Crippen LogP contribution >= 0.6 is 11.6 Å². The average Bonchev–Trinajstić information content (AvgIpc) is 3.24. The lowest BCUT2D eigenvalue weighted by Gasteiger charge is -2.33. The summed E-state index contributed by atoms with van der Waals surface area (Å²) in [6, 6.07) is 15.4. The topological polar surface area (TPSA) is 83.7 Å². The van der Waals surface area contributed by atoms with Crippen molar-refractivity contribution in [2.24, 2.45) is 0 Å². The number of amides is 1. The molecule has 0 spiro atoms. The van der Waals surface area contributed by atoms with Crippen LogP contribution in [0.2, 0.25) is 5.02 Å². The fraction of sp³-hybridized carbons (Fsp3) is 0.238. The normalized spacial score (nSPS) is 15.3. The lowest BCUT2D eigenvalue weighted by Crippen LogP contribution is -2.50. The van der Waals surface area contributed by atoms with E-state index in [9.17, 15) is 13.2 Å². The lowest BCUT2D eigenvalue weighted by atomic mass is 10.1. The molecule has 9 heteroatoms. The zero-order valence-electron chi connectivity index (χ0n) is 16.3. The van der Waals surface area contributed by atoms with Crippen LogP contribution in [-0.2, 0) is 10.0 Å². The molecule has 1 aromatic heterocycles. The van der Waals surface area contributed by atoms with Crippen LogP contribution in [0.15, 0.2) is 64.0 Å². The number of carbonyl (C=O) groups is 1. The van der Waals surface area contributed by atoms with E-state index < -0.39 is 10.0 Å². The number of hydrogen-bond donors (Lipinski definition) is 0. The minimum Gasteiger partial charge on any atom is -0.355 e. The van der Waals surface area contributed by atoms with E-state index in [0.29, 0.717) is 10.8 Å². The van der Waals surface area contributed by atoms with Gasteiger partial charge in [0.25, 0.3) is 5.91 Å². The SMILES string of the molecule is Cc1ccc(S(=O)(=O)N2CCN(C(=O)c3cc(-c4ccc(Cl)cc4)on3)CC2)cc1. The van der Waals surface area contributed by atoms with Crippen LogP contribution in [0, 0.1) is 6.92 Å². The first-order valence-electron chi connectivity index (χ1n) is 9.43. The van der Waals surface area contributed by atoms with Gasteiger partial charge in [-0.3, -0.25) is 4.79 Å². The molecule has 2 aromatic carbocycles. The Balaban J connectivity index is 1.42. The molecule has 0 atom stereocenters. The second-order valence-electron chi connectivity index (χ2n) is 7.09. The third kappa shape index (κ3) is 4.12. The van der Waals surface area contributed by atoms with E-state index in [4.69, 9.17) is 16.1 Å². The van der Waals surface area contributed by atoms with E-state index in [1.807, 2.05) is 6.92 Å². The number of aromatic nitrogens is 1. The van der Waals surface area contributed by atoms with Gasteiger partial charge in [-0.15, -0.1) is 0 Å². The van der Waals surface area contributed by atoms with Crippen LogP contribution in [-0.4, -0.2) is 54.9 Å². The van der Waals surface area contributed by atoms with E-state index in [1.165, 1.54) is 4.31 Å². The molecule has 0 N–H and O–H groups in total. The number of halogens is 1. The van der Waals surface area contributed by atoms with Crippen molar-refractivity contribution in [3.63, 3.8) is 0 Å². The Morgan fingerprint density at radius 3 is 2.27 bits per heavy atom. The molecule has 7 nitrogen and oxygen atoms in total. The van der Waals surface area contributed by atoms with Crippen LogP contribution in [0.25, 0.3) is 11.3 Å².